The Bertz CT molecular complexity index is 571. The zero-order valence-corrected chi connectivity index (χ0v) is 14.2. The second kappa shape index (κ2) is 8.11. The number of hydrogen-bond acceptors (Lipinski definition) is 3. The molecular formula is C18H27N3O2. The summed E-state index contributed by atoms with van der Waals surface area (Å²) in [5, 5.41) is 8.15. The molecule has 1 aliphatic rings. The fraction of sp³-hybridized carbons (Fsp3) is 0.556. The molecule has 0 bridgehead atoms. The van der Waals surface area contributed by atoms with Crippen molar-refractivity contribution >= 4 is 11.9 Å². The molecule has 0 aromatic heterocycles. The van der Waals surface area contributed by atoms with E-state index in [0.717, 1.165) is 6.42 Å². The van der Waals surface area contributed by atoms with E-state index in [9.17, 15) is 9.59 Å². The number of hydrogen-bond donors (Lipinski definition) is 3. The van der Waals surface area contributed by atoms with Crippen molar-refractivity contribution in [2.24, 2.45) is 0 Å². The van der Waals surface area contributed by atoms with Crippen LogP contribution in [-0.2, 0) is 17.6 Å². The third-order valence-corrected chi connectivity index (χ3v) is 4.34. The minimum atomic E-state index is -0.451. The summed E-state index contributed by atoms with van der Waals surface area (Å²) in [5.41, 5.74) is 4.07. The van der Waals surface area contributed by atoms with Gasteiger partial charge in [-0.15, -0.1) is 0 Å². The number of amides is 3. The predicted octanol–water partition coefficient (Wildman–Crippen LogP) is 2.45. The number of aryl methyl sites for hydroxylation is 2. The van der Waals surface area contributed by atoms with E-state index < -0.39 is 12.1 Å². The molecule has 0 aliphatic heterocycles. The summed E-state index contributed by atoms with van der Waals surface area (Å²) in [6.45, 7) is 6.11. The normalized spacial score (nSPS) is 16.1. The second-order valence-corrected chi connectivity index (χ2v) is 6.19. The maximum absolute atomic E-state index is 12.0. The van der Waals surface area contributed by atoms with Crippen molar-refractivity contribution in [2.75, 3.05) is 6.54 Å². The number of nitrogens with one attached hydrogen (secondary N) is 3. The molecule has 0 radical (unpaired) electrons. The molecule has 0 saturated carbocycles. The van der Waals surface area contributed by atoms with Gasteiger partial charge < -0.3 is 5.32 Å². The highest BCUT2D eigenvalue weighted by molar-refractivity contribution is 5.96. The van der Waals surface area contributed by atoms with Crippen molar-refractivity contribution in [1.29, 1.82) is 0 Å². The lowest BCUT2D eigenvalue weighted by Gasteiger charge is -2.22. The number of rotatable bonds is 5. The zero-order valence-electron chi connectivity index (χ0n) is 14.2. The average Bonchev–Trinajstić information content (AvgIpc) is 2.54. The Morgan fingerprint density at radius 1 is 1.13 bits per heavy atom. The fourth-order valence-electron chi connectivity index (χ4n) is 2.99. The van der Waals surface area contributed by atoms with Crippen LogP contribution in [0.4, 0.5) is 4.79 Å². The zero-order chi connectivity index (χ0) is 16.8. The summed E-state index contributed by atoms with van der Waals surface area (Å²) < 4.78 is 0. The van der Waals surface area contributed by atoms with Gasteiger partial charge in [0.25, 0.3) is 0 Å². The lowest BCUT2D eigenvalue weighted by atomic mass is 9.89. The highest BCUT2D eigenvalue weighted by Gasteiger charge is 2.19. The van der Waals surface area contributed by atoms with Gasteiger partial charge in [0.2, 0.25) is 5.91 Å². The van der Waals surface area contributed by atoms with E-state index in [0.29, 0.717) is 6.54 Å². The quantitative estimate of drug-likeness (QED) is 0.781. The predicted molar refractivity (Wildman–Crippen MR) is 91.3 cm³/mol. The molecular weight excluding hydrogens is 290 g/mol. The van der Waals surface area contributed by atoms with Gasteiger partial charge in [-0.1, -0.05) is 18.2 Å². The standard InChI is InChI=1S/C18H27N3O2/c1-4-19-18(23)21-17(22)13(3)20-12(2)15-10-9-14-7-5-6-8-16(14)11-15/h9-13,20H,4-8H2,1-3H3,(H2,19,21,22,23)/t12-,13+/m1/s1. The van der Waals surface area contributed by atoms with Crippen LogP contribution in [0.25, 0.3) is 0 Å². The van der Waals surface area contributed by atoms with E-state index in [4.69, 9.17) is 0 Å². The molecule has 0 spiro atoms. The summed E-state index contributed by atoms with van der Waals surface area (Å²) >= 11 is 0. The monoisotopic (exact) mass is 317 g/mol. The van der Waals surface area contributed by atoms with E-state index >= 15 is 0 Å². The Labute approximate surface area is 138 Å². The third kappa shape index (κ3) is 4.79. The molecule has 2 rings (SSSR count). The summed E-state index contributed by atoms with van der Waals surface area (Å²) in [7, 11) is 0. The number of carbonyl (C=O) groups is 2. The highest BCUT2D eigenvalue weighted by atomic mass is 16.2. The van der Waals surface area contributed by atoms with E-state index in [1.54, 1.807) is 6.92 Å². The topological polar surface area (TPSA) is 70.2 Å². The van der Waals surface area contributed by atoms with Crippen LogP contribution in [0.1, 0.15) is 56.3 Å². The Morgan fingerprint density at radius 3 is 2.52 bits per heavy atom. The molecule has 5 heteroatoms. The van der Waals surface area contributed by atoms with E-state index in [2.05, 4.69) is 34.1 Å². The Hall–Kier alpha value is -1.88. The molecule has 1 aromatic carbocycles. The Kier molecular flexibility index (Phi) is 6.16. The van der Waals surface area contributed by atoms with Crippen LogP contribution in [0, 0.1) is 0 Å². The van der Waals surface area contributed by atoms with Gasteiger partial charge in [0.15, 0.2) is 0 Å². The fourth-order valence-corrected chi connectivity index (χ4v) is 2.99. The Morgan fingerprint density at radius 2 is 1.83 bits per heavy atom. The minimum absolute atomic E-state index is 0.0530. The maximum atomic E-state index is 12.0. The first-order chi connectivity index (χ1) is 11.0. The van der Waals surface area contributed by atoms with Crippen LogP contribution in [-0.4, -0.2) is 24.5 Å². The number of carbonyl (C=O) groups excluding carboxylic acids is 2. The first-order valence-electron chi connectivity index (χ1n) is 8.47. The number of benzene rings is 1. The summed E-state index contributed by atoms with van der Waals surface area (Å²) in [6, 6.07) is 5.76. The van der Waals surface area contributed by atoms with Crippen LogP contribution in [0.15, 0.2) is 18.2 Å². The molecule has 5 nitrogen and oxygen atoms in total. The van der Waals surface area contributed by atoms with Crippen molar-refractivity contribution in [2.45, 2.75) is 58.5 Å². The molecule has 3 amide bonds. The van der Waals surface area contributed by atoms with Crippen molar-refractivity contribution in [3.05, 3.63) is 34.9 Å². The highest BCUT2D eigenvalue weighted by Crippen LogP contribution is 2.24. The largest absolute Gasteiger partial charge is 0.338 e. The van der Waals surface area contributed by atoms with Crippen LogP contribution in [0.5, 0.6) is 0 Å². The second-order valence-electron chi connectivity index (χ2n) is 6.19. The van der Waals surface area contributed by atoms with Gasteiger partial charge in [-0.3, -0.25) is 15.4 Å². The van der Waals surface area contributed by atoms with Crippen LogP contribution < -0.4 is 16.0 Å². The summed E-state index contributed by atoms with van der Waals surface area (Å²) in [6.07, 6.45) is 4.84. The van der Waals surface area contributed by atoms with E-state index in [-0.39, 0.29) is 11.9 Å². The van der Waals surface area contributed by atoms with Gasteiger partial charge in [-0.05, 0) is 63.1 Å². The molecule has 23 heavy (non-hydrogen) atoms. The molecule has 1 aromatic rings. The molecule has 126 valence electrons. The lowest BCUT2D eigenvalue weighted by molar-refractivity contribution is -0.121. The SMILES string of the molecule is CCNC(=O)NC(=O)[C@H](C)N[C@H](C)c1ccc2c(c1)CCCC2. The van der Waals surface area contributed by atoms with Gasteiger partial charge in [0, 0.05) is 12.6 Å². The third-order valence-electron chi connectivity index (χ3n) is 4.34. The smallest absolute Gasteiger partial charge is 0.321 e. The van der Waals surface area contributed by atoms with Gasteiger partial charge in [0.1, 0.15) is 0 Å². The van der Waals surface area contributed by atoms with Gasteiger partial charge in [-0.2, -0.15) is 0 Å². The average molecular weight is 317 g/mol. The minimum Gasteiger partial charge on any atom is -0.338 e. The first-order valence-corrected chi connectivity index (χ1v) is 8.47. The van der Waals surface area contributed by atoms with Crippen molar-refractivity contribution in [3.8, 4) is 0 Å². The Balaban J connectivity index is 1.94. The molecule has 2 atom stereocenters. The molecule has 0 heterocycles. The molecule has 0 unspecified atom stereocenters. The van der Waals surface area contributed by atoms with E-state index in [1.807, 2.05) is 13.8 Å². The van der Waals surface area contributed by atoms with Crippen LogP contribution in [0.2, 0.25) is 0 Å². The number of urea groups is 1. The van der Waals surface area contributed by atoms with Gasteiger partial charge in [-0.25, -0.2) is 4.79 Å². The maximum Gasteiger partial charge on any atom is 0.321 e. The van der Waals surface area contributed by atoms with E-state index in [1.165, 1.54) is 36.0 Å². The van der Waals surface area contributed by atoms with Crippen LogP contribution >= 0.6 is 0 Å². The summed E-state index contributed by atoms with van der Waals surface area (Å²) in [4.78, 5) is 23.4. The van der Waals surface area contributed by atoms with Gasteiger partial charge in [0.05, 0.1) is 6.04 Å². The first kappa shape index (κ1) is 17.5. The van der Waals surface area contributed by atoms with Crippen molar-refractivity contribution in [3.63, 3.8) is 0 Å². The van der Waals surface area contributed by atoms with Crippen molar-refractivity contribution in [1.82, 2.24) is 16.0 Å². The molecule has 3 N–H and O–H groups in total. The van der Waals surface area contributed by atoms with Crippen molar-refractivity contribution < 1.29 is 9.59 Å². The number of imide groups is 1. The molecule has 0 saturated heterocycles. The lowest BCUT2D eigenvalue weighted by Crippen LogP contribution is -2.48. The van der Waals surface area contributed by atoms with Gasteiger partial charge >= 0.3 is 6.03 Å². The summed E-state index contributed by atoms with van der Waals surface area (Å²) in [5.74, 6) is -0.319. The molecule has 0 fully saturated rings. The van der Waals surface area contributed by atoms with Crippen LogP contribution in [0.3, 0.4) is 0 Å². The number of fused-ring (bicyclic) bond motifs is 1. The molecule has 1 aliphatic carbocycles.